The number of carbonyl (C=O) groups excluding carboxylic acids is 1. The molecule has 3 rings (SSSR count). The molecule has 5 nitrogen and oxygen atoms in total. The molecule has 1 heterocycles. The average molecular weight is 406 g/mol. The summed E-state index contributed by atoms with van der Waals surface area (Å²) in [5, 5.41) is 0.600. The van der Waals surface area contributed by atoms with E-state index in [1.807, 2.05) is 60.4 Å². The third kappa shape index (κ3) is 4.78. The molecule has 1 aromatic heterocycles. The maximum absolute atomic E-state index is 13.4. The molecule has 0 spiro atoms. The van der Waals surface area contributed by atoms with Gasteiger partial charge in [-0.15, -0.1) is 0 Å². The molecule has 30 heavy (non-hydrogen) atoms. The third-order valence-corrected chi connectivity index (χ3v) is 5.54. The summed E-state index contributed by atoms with van der Waals surface area (Å²) >= 11 is 0. The van der Waals surface area contributed by atoms with Crippen LogP contribution in [0.25, 0.3) is 10.9 Å². The fraction of sp³-hybridized carbons (Fsp3) is 0.400. The normalized spacial score (nSPS) is 12.3. The Morgan fingerprint density at radius 3 is 2.40 bits per heavy atom. The van der Waals surface area contributed by atoms with Crippen molar-refractivity contribution in [1.82, 2.24) is 14.5 Å². The van der Waals surface area contributed by atoms with Gasteiger partial charge in [0.25, 0.3) is 5.56 Å². The van der Waals surface area contributed by atoms with Crippen LogP contribution in [0.1, 0.15) is 51.0 Å². The van der Waals surface area contributed by atoms with Gasteiger partial charge in [0, 0.05) is 13.6 Å². The lowest BCUT2D eigenvalue weighted by atomic mass is 10.0. The Morgan fingerprint density at radius 1 is 1.07 bits per heavy atom. The maximum Gasteiger partial charge on any atom is 0.261 e. The van der Waals surface area contributed by atoms with Crippen LogP contribution in [0, 0.1) is 5.92 Å². The predicted molar refractivity (Wildman–Crippen MR) is 121 cm³/mol. The van der Waals surface area contributed by atoms with Crippen molar-refractivity contribution in [2.75, 3.05) is 6.54 Å². The predicted octanol–water partition coefficient (Wildman–Crippen LogP) is 4.50. The fourth-order valence-corrected chi connectivity index (χ4v) is 3.80. The van der Waals surface area contributed by atoms with E-state index in [0.29, 0.717) is 42.0 Å². The number of para-hydroxylation sites is 1. The quantitative estimate of drug-likeness (QED) is 0.554. The molecule has 5 heteroatoms. The van der Waals surface area contributed by atoms with E-state index >= 15 is 0 Å². The van der Waals surface area contributed by atoms with Crippen LogP contribution in [-0.2, 0) is 18.3 Å². The van der Waals surface area contributed by atoms with Crippen molar-refractivity contribution in [3.63, 3.8) is 0 Å². The first-order valence-corrected chi connectivity index (χ1v) is 10.7. The molecule has 0 N–H and O–H groups in total. The van der Waals surface area contributed by atoms with E-state index in [0.717, 1.165) is 12.0 Å². The summed E-state index contributed by atoms with van der Waals surface area (Å²) in [5.74, 6) is 1.19. The largest absolute Gasteiger partial charge is 0.332 e. The highest BCUT2D eigenvalue weighted by atomic mass is 16.2. The number of hydrogen-bond acceptors (Lipinski definition) is 3. The van der Waals surface area contributed by atoms with Gasteiger partial charge in [-0.25, -0.2) is 4.98 Å². The van der Waals surface area contributed by atoms with Crippen LogP contribution in [0.3, 0.4) is 0 Å². The number of fused-ring (bicyclic) bond motifs is 1. The topological polar surface area (TPSA) is 55.2 Å². The van der Waals surface area contributed by atoms with Crippen molar-refractivity contribution in [2.24, 2.45) is 13.0 Å². The molecule has 1 atom stereocenters. The van der Waals surface area contributed by atoms with Gasteiger partial charge in [0.05, 0.1) is 23.4 Å². The SMILES string of the molecule is CCC(c1nc2ccccc2c(=O)n1C)N(CCC(C)C)C(=O)Cc1ccccc1. The minimum absolute atomic E-state index is 0.0658. The third-order valence-electron chi connectivity index (χ3n) is 5.54. The Bertz CT molecular complexity index is 1060. The van der Waals surface area contributed by atoms with Crippen LogP contribution in [0.4, 0.5) is 0 Å². The van der Waals surface area contributed by atoms with E-state index < -0.39 is 0 Å². The lowest BCUT2D eigenvalue weighted by Crippen LogP contribution is -2.40. The first-order chi connectivity index (χ1) is 14.4. The van der Waals surface area contributed by atoms with Gasteiger partial charge in [-0.3, -0.25) is 14.2 Å². The van der Waals surface area contributed by atoms with Gasteiger partial charge in [-0.2, -0.15) is 0 Å². The zero-order chi connectivity index (χ0) is 21.7. The lowest BCUT2D eigenvalue weighted by molar-refractivity contribution is -0.133. The highest BCUT2D eigenvalue weighted by molar-refractivity contribution is 5.80. The second-order valence-corrected chi connectivity index (χ2v) is 8.21. The summed E-state index contributed by atoms with van der Waals surface area (Å²) < 4.78 is 1.61. The molecular weight excluding hydrogens is 374 g/mol. The van der Waals surface area contributed by atoms with Crippen LogP contribution in [0.2, 0.25) is 0 Å². The second kappa shape index (κ2) is 9.70. The van der Waals surface area contributed by atoms with Gasteiger partial charge in [0.1, 0.15) is 5.82 Å². The van der Waals surface area contributed by atoms with Crippen molar-refractivity contribution in [2.45, 2.75) is 46.1 Å². The number of amides is 1. The van der Waals surface area contributed by atoms with Gasteiger partial charge < -0.3 is 4.90 Å². The molecule has 0 saturated carbocycles. The summed E-state index contributed by atoms with van der Waals surface area (Å²) in [4.78, 5) is 33.0. The number of carbonyl (C=O) groups is 1. The molecule has 3 aromatic rings. The standard InChI is InChI=1S/C25H31N3O2/c1-5-22(24-26-21-14-10-9-13-20(21)25(30)27(24)4)28(16-15-18(2)3)23(29)17-19-11-7-6-8-12-19/h6-14,18,22H,5,15-17H2,1-4H3. The maximum atomic E-state index is 13.4. The second-order valence-electron chi connectivity index (χ2n) is 8.21. The van der Waals surface area contributed by atoms with Gasteiger partial charge in [0.2, 0.25) is 5.91 Å². The number of aromatic nitrogens is 2. The van der Waals surface area contributed by atoms with Crippen molar-refractivity contribution in [1.29, 1.82) is 0 Å². The molecule has 1 unspecified atom stereocenters. The Kier molecular flexibility index (Phi) is 7.03. The first-order valence-electron chi connectivity index (χ1n) is 10.7. The van der Waals surface area contributed by atoms with Crippen molar-refractivity contribution >= 4 is 16.8 Å². The van der Waals surface area contributed by atoms with Crippen molar-refractivity contribution < 1.29 is 4.79 Å². The van der Waals surface area contributed by atoms with E-state index in [4.69, 9.17) is 4.98 Å². The summed E-state index contributed by atoms with van der Waals surface area (Å²) in [6.45, 7) is 7.00. The minimum Gasteiger partial charge on any atom is -0.332 e. The fourth-order valence-electron chi connectivity index (χ4n) is 3.80. The highest BCUT2D eigenvalue weighted by Crippen LogP contribution is 2.25. The van der Waals surface area contributed by atoms with Crippen LogP contribution in [-0.4, -0.2) is 26.9 Å². The lowest BCUT2D eigenvalue weighted by Gasteiger charge is -2.32. The van der Waals surface area contributed by atoms with Crippen LogP contribution >= 0.6 is 0 Å². The molecule has 0 bridgehead atoms. The van der Waals surface area contributed by atoms with Gasteiger partial charge in [-0.1, -0.05) is 63.2 Å². The number of nitrogens with zero attached hydrogens (tertiary/aromatic N) is 3. The summed E-state index contributed by atoms with van der Waals surface area (Å²) in [7, 11) is 1.75. The monoisotopic (exact) mass is 405 g/mol. The highest BCUT2D eigenvalue weighted by Gasteiger charge is 2.27. The Labute approximate surface area is 178 Å². The van der Waals surface area contributed by atoms with Crippen LogP contribution < -0.4 is 5.56 Å². The first kappa shape index (κ1) is 21.8. The van der Waals surface area contributed by atoms with Crippen molar-refractivity contribution in [3.05, 3.63) is 76.3 Å². The smallest absolute Gasteiger partial charge is 0.261 e. The summed E-state index contributed by atoms with van der Waals surface area (Å²) in [6.07, 6.45) is 1.94. The molecule has 1 amide bonds. The zero-order valence-electron chi connectivity index (χ0n) is 18.3. The van der Waals surface area contributed by atoms with Gasteiger partial charge in [0.15, 0.2) is 0 Å². The van der Waals surface area contributed by atoms with Gasteiger partial charge >= 0.3 is 0 Å². The average Bonchev–Trinajstić information content (AvgIpc) is 2.74. The Morgan fingerprint density at radius 2 is 1.73 bits per heavy atom. The van der Waals surface area contributed by atoms with E-state index in [-0.39, 0.29) is 17.5 Å². The molecule has 0 aliphatic rings. The van der Waals surface area contributed by atoms with E-state index in [1.54, 1.807) is 17.7 Å². The number of rotatable bonds is 8. The van der Waals surface area contributed by atoms with Crippen LogP contribution in [0.15, 0.2) is 59.4 Å². The molecule has 0 aliphatic carbocycles. The molecule has 2 aromatic carbocycles. The zero-order valence-corrected chi connectivity index (χ0v) is 18.3. The molecular formula is C25H31N3O2. The van der Waals surface area contributed by atoms with Crippen molar-refractivity contribution in [3.8, 4) is 0 Å². The summed E-state index contributed by atoms with van der Waals surface area (Å²) in [5.41, 5.74) is 1.59. The van der Waals surface area contributed by atoms with Gasteiger partial charge in [-0.05, 0) is 36.5 Å². The van der Waals surface area contributed by atoms with E-state index in [2.05, 4.69) is 13.8 Å². The molecule has 158 valence electrons. The number of benzene rings is 2. The Balaban J connectivity index is 2.02. The van der Waals surface area contributed by atoms with E-state index in [9.17, 15) is 9.59 Å². The molecule has 0 fully saturated rings. The molecule has 0 radical (unpaired) electrons. The Hall–Kier alpha value is -2.95. The molecule has 0 saturated heterocycles. The molecule has 0 aliphatic heterocycles. The van der Waals surface area contributed by atoms with Crippen LogP contribution in [0.5, 0.6) is 0 Å². The summed E-state index contributed by atoms with van der Waals surface area (Å²) in [6, 6.07) is 16.9. The number of hydrogen-bond donors (Lipinski definition) is 0. The van der Waals surface area contributed by atoms with E-state index in [1.165, 1.54) is 0 Å². The minimum atomic E-state index is -0.248.